The van der Waals surface area contributed by atoms with E-state index in [4.69, 9.17) is 0 Å². The monoisotopic (exact) mass is 421 g/mol. The number of nitrogens with one attached hydrogen (secondary N) is 1. The number of rotatable bonds is 4. The number of aryl methyl sites for hydroxylation is 3. The van der Waals surface area contributed by atoms with Crippen molar-refractivity contribution in [1.29, 1.82) is 0 Å². The van der Waals surface area contributed by atoms with Gasteiger partial charge in [0.15, 0.2) is 5.78 Å². The molecule has 1 saturated carbocycles. The maximum absolute atomic E-state index is 13.2. The number of amides is 3. The Bertz CT molecular complexity index is 1040. The van der Waals surface area contributed by atoms with Crippen LogP contribution in [0.2, 0.25) is 0 Å². The van der Waals surface area contributed by atoms with Crippen molar-refractivity contribution in [3.63, 3.8) is 0 Å². The van der Waals surface area contributed by atoms with Crippen LogP contribution in [0.4, 0.5) is 4.79 Å². The summed E-state index contributed by atoms with van der Waals surface area (Å²) in [4.78, 5) is 40.1. The van der Waals surface area contributed by atoms with Gasteiger partial charge in [-0.2, -0.15) is 0 Å². The summed E-state index contributed by atoms with van der Waals surface area (Å²) < 4.78 is 2.06. The van der Waals surface area contributed by atoms with Crippen molar-refractivity contribution in [2.45, 2.75) is 71.8 Å². The van der Waals surface area contributed by atoms with E-state index >= 15 is 0 Å². The third-order valence-corrected chi connectivity index (χ3v) is 6.70. The number of hydrogen-bond acceptors (Lipinski definition) is 3. The predicted octanol–water partition coefficient (Wildman–Crippen LogP) is 4.54. The zero-order valence-electron chi connectivity index (χ0n) is 18.9. The topological polar surface area (TPSA) is 71.4 Å². The highest BCUT2D eigenvalue weighted by atomic mass is 16.2. The highest BCUT2D eigenvalue weighted by Crippen LogP contribution is 2.33. The van der Waals surface area contributed by atoms with E-state index in [1.807, 2.05) is 19.9 Å². The van der Waals surface area contributed by atoms with Gasteiger partial charge in [0, 0.05) is 22.6 Å². The van der Waals surface area contributed by atoms with Crippen molar-refractivity contribution < 1.29 is 14.4 Å². The van der Waals surface area contributed by atoms with Gasteiger partial charge in [0.05, 0.1) is 6.54 Å². The second-order valence-electron chi connectivity index (χ2n) is 9.21. The van der Waals surface area contributed by atoms with Gasteiger partial charge in [-0.3, -0.25) is 14.5 Å². The van der Waals surface area contributed by atoms with Crippen LogP contribution in [0.1, 0.15) is 71.4 Å². The minimum absolute atomic E-state index is 0.210. The van der Waals surface area contributed by atoms with Gasteiger partial charge >= 0.3 is 6.03 Å². The van der Waals surface area contributed by atoms with Crippen molar-refractivity contribution in [3.8, 4) is 5.69 Å². The fourth-order valence-electron chi connectivity index (χ4n) is 5.24. The average Bonchev–Trinajstić information content (AvgIpc) is 2.98. The first-order valence-electron chi connectivity index (χ1n) is 11.2. The number of benzene rings is 1. The molecule has 1 aromatic carbocycles. The van der Waals surface area contributed by atoms with Crippen LogP contribution in [0.15, 0.2) is 24.3 Å². The smallest absolute Gasteiger partial charge is 0.323 e. The van der Waals surface area contributed by atoms with Crippen molar-refractivity contribution in [1.82, 2.24) is 14.8 Å². The van der Waals surface area contributed by atoms with Crippen LogP contribution in [-0.2, 0) is 4.79 Å². The standard InChI is InChI=1S/C25H31N3O3/c1-16-11-17(2)13-20(12-16)28-18(3)14-21(19(28)4)22(29)15-27-23(30)25(26-24(27)31)9-7-5-6-8-10-25/h11-14H,5-10,15H2,1-4H3,(H,26,31). The maximum Gasteiger partial charge on any atom is 0.325 e. The summed E-state index contributed by atoms with van der Waals surface area (Å²) in [6.07, 6.45) is 5.31. The summed E-state index contributed by atoms with van der Waals surface area (Å²) in [7, 11) is 0. The third kappa shape index (κ3) is 3.80. The van der Waals surface area contributed by atoms with E-state index in [1.165, 1.54) is 0 Å². The zero-order valence-corrected chi connectivity index (χ0v) is 18.9. The number of hydrogen-bond donors (Lipinski definition) is 1. The second-order valence-corrected chi connectivity index (χ2v) is 9.21. The van der Waals surface area contributed by atoms with Gasteiger partial charge in [0.25, 0.3) is 5.91 Å². The molecule has 0 radical (unpaired) electrons. The Hall–Kier alpha value is -2.89. The van der Waals surface area contributed by atoms with E-state index in [0.717, 1.165) is 58.8 Å². The molecule has 6 nitrogen and oxygen atoms in total. The summed E-state index contributed by atoms with van der Waals surface area (Å²) >= 11 is 0. The third-order valence-electron chi connectivity index (χ3n) is 6.70. The molecule has 2 fully saturated rings. The van der Waals surface area contributed by atoms with E-state index in [1.54, 1.807) is 0 Å². The normalized spacial score (nSPS) is 18.4. The van der Waals surface area contributed by atoms with Crippen LogP contribution in [0, 0.1) is 27.7 Å². The molecule has 1 spiro atoms. The lowest BCUT2D eigenvalue weighted by Gasteiger charge is -2.24. The van der Waals surface area contributed by atoms with Crippen LogP contribution < -0.4 is 5.32 Å². The van der Waals surface area contributed by atoms with Crippen molar-refractivity contribution >= 4 is 17.7 Å². The first-order valence-corrected chi connectivity index (χ1v) is 11.2. The molecule has 3 amide bonds. The largest absolute Gasteiger partial charge is 0.325 e. The van der Waals surface area contributed by atoms with Gasteiger partial charge in [0.2, 0.25) is 0 Å². The van der Waals surface area contributed by atoms with E-state index in [9.17, 15) is 14.4 Å². The molecule has 164 valence electrons. The summed E-state index contributed by atoms with van der Waals surface area (Å²) in [6.45, 7) is 7.77. The molecular weight excluding hydrogens is 390 g/mol. The molecular formula is C25H31N3O3. The van der Waals surface area contributed by atoms with Crippen molar-refractivity contribution in [2.24, 2.45) is 0 Å². The molecule has 0 bridgehead atoms. The Labute approximate surface area is 183 Å². The summed E-state index contributed by atoms with van der Waals surface area (Å²) in [5.74, 6) is -0.450. The number of nitrogens with zero attached hydrogens (tertiary/aromatic N) is 2. The molecule has 2 aromatic rings. The lowest BCUT2D eigenvalue weighted by atomic mass is 9.90. The van der Waals surface area contributed by atoms with Crippen LogP contribution >= 0.6 is 0 Å². The van der Waals surface area contributed by atoms with Crippen molar-refractivity contribution in [3.05, 3.63) is 52.3 Å². The van der Waals surface area contributed by atoms with Gasteiger partial charge in [-0.05, 0) is 69.9 Å². The van der Waals surface area contributed by atoms with Gasteiger partial charge in [-0.25, -0.2) is 4.79 Å². The summed E-state index contributed by atoms with van der Waals surface area (Å²) in [5, 5.41) is 2.92. The van der Waals surface area contributed by atoms with E-state index in [2.05, 4.69) is 41.9 Å². The Morgan fingerprint density at radius 1 is 0.935 bits per heavy atom. The minimum atomic E-state index is -0.816. The molecule has 1 aliphatic heterocycles. The number of urea groups is 1. The number of ketones is 1. The average molecular weight is 422 g/mol. The molecule has 2 aliphatic rings. The zero-order chi connectivity index (χ0) is 22.3. The van der Waals surface area contributed by atoms with E-state index < -0.39 is 11.6 Å². The highest BCUT2D eigenvalue weighted by Gasteiger charge is 2.51. The van der Waals surface area contributed by atoms with Crippen LogP contribution in [-0.4, -0.2) is 39.3 Å². The summed E-state index contributed by atoms with van der Waals surface area (Å²) in [6, 6.07) is 7.71. The Morgan fingerprint density at radius 3 is 2.16 bits per heavy atom. The number of carbonyl (C=O) groups excluding carboxylic acids is 3. The Kier molecular flexibility index (Phi) is 5.50. The van der Waals surface area contributed by atoms with Gasteiger partial charge in [0.1, 0.15) is 5.54 Å². The predicted molar refractivity (Wildman–Crippen MR) is 120 cm³/mol. The summed E-state index contributed by atoms with van der Waals surface area (Å²) in [5.41, 5.74) is 4.83. The van der Waals surface area contributed by atoms with E-state index in [-0.39, 0.29) is 18.2 Å². The second kappa shape index (κ2) is 7.98. The number of Topliss-reactive ketones (excluding diaryl/α,β-unsaturated/α-hetero) is 1. The maximum atomic E-state index is 13.2. The van der Waals surface area contributed by atoms with Crippen LogP contribution in [0.25, 0.3) is 5.69 Å². The molecule has 0 unspecified atom stereocenters. The highest BCUT2D eigenvalue weighted by molar-refractivity contribution is 6.11. The van der Waals surface area contributed by atoms with Gasteiger partial charge in [-0.15, -0.1) is 0 Å². The molecule has 0 atom stereocenters. The molecule has 1 aromatic heterocycles. The Morgan fingerprint density at radius 2 is 1.55 bits per heavy atom. The molecule has 2 heterocycles. The fourth-order valence-corrected chi connectivity index (χ4v) is 5.24. The molecule has 1 saturated heterocycles. The number of aromatic nitrogens is 1. The van der Waals surface area contributed by atoms with Gasteiger partial charge < -0.3 is 9.88 Å². The first kappa shape index (κ1) is 21.3. The lowest BCUT2D eigenvalue weighted by Crippen LogP contribution is -2.46. The SMILES string of the molecule is Cc1cc(C)cc(-n2c(C)cc(C(=O)CN3C(=O)NC4(CCCCCC4)C3=O)c2C)c1. The Balaban J connectivity index is 1.59. The van der Waals surface area contributed by atoms with Crippen LogP contribution in [0.3, 0.4) is 0 Å². The molecule has 4 rings (SSSR count). The molecule has 1 N–H and O–H groups in total. The lowest BCUT2D eigenvalue weighted by molar-refractivity contribution is -0.131. The molecule has 1 aliphatic carbocycles. The molecule has 31 heavy (non-hydrogen) atoms. The van der Waals surface area contributed by atoms with Crippen LogP contribution in [0.5, 0.6) is 0 Å². The van der Waals surface area contributed by atoms with Crippen molar-refractivity contribution in [2.75, 3.05) is 6.54 Å². The first-order chi connectivity index (χ1) is 14.7. The van der Waals surface area contributed by atoms with Gasteiger partial charge in [-0.1, -0.05) is 31.7 Å². The van der Waals surface area contributed by atoms with E-state index in [0.29, 0.717) is 18.4 Å². The number of carbonyl (C=O) groups is 3. The fraction of sp³-hybridized carbons (Fsp3) is 0.480. The number of imide groups is 1. The molecule has 6 heteroatoms. The minimum Gasteiger partial charge on any atom is -0.323 e. The quantitative estimate of drug-likeness (QED) is 0.582.